The Kier molecular flexibility index (Phi) is 10.3. The minimum atomic E-state index is -0.766. The molecule has 210 valence electrons. The number of aliphatic hydroxyl groups is 1. The Morgan fingerprint density at radius 3 is 2.50 bits per heavy atom. The van der Waals surface area contributed by atoms with Crippen molar-refractivity contribution in [3.63, 3.8) is 0 Å². The van der Waals surface area contributed by atoms with E-state index in [9.17, 15) is 9.90 Å². The number of furan rings is 1. The first-order chi connectivity index (χ1) is 17.7. The lowest BCUT2D eigenvalue weighted by atomic mass is 9.71. The van der Waals surface area contributed by atoms with Crippen LogP contribution in [0.5, 0.6) is 5.75 Å². The van der Waals surface area contributed by atoms with Crippen LogP contribution in [0.1, 0.15) is 72.1 Å². The van der Waals surface area contributed by atoms with Gasteiger partial charge in [-0.25, -0.2) is 0 Å². The van der Waals surface area contributed by atoms with Crippen LogP contribution < -0.4 is 10.5 Å². The summed E-state index contributed by atoms with van der Waals surface area (Å²) >= 11 is 4.03. The molecule has 0 saturated carbocycles. The van der Waals surface area contributed by atoms with Gasteiger partial charge in [-0.15, -0.1) is 11.3 Å². The molecule has 3 rings (SSSR count). The van der Waals surface area contributed by atoms with E-state index in [-0.39, 0.29) is 16.0 Å². The number of carbonyl (C=O) groups is 1. The highest BCUT2D eigenvalue weighted by molar-refractivity contribution is 14.1. The Morgan fingerprint density at radius 1 is 1.13 bits per heavy atom. The van der Waals surface area contributed by atoms with Crippen LogP contribution >= 0.6 is 33.9 Å². The third-order valence-corrected chi connectivity index (χ3v) is 9.36. The summed E-state index contributed by atoms with van der Waals surface area (Å²) in [5, 5.41) is 11.4. The van der Waals surface area contributed by atoms with Gasteiger partial charge >= 0.3 is 5.97 Å². The van der Waals surface area contributed by atoms with E-state index in [1.807, 2.05) is 52.8 Å². The third kappa shape index (κ3) is 8.19. The molecule has 3 N–H and O–H groups in total. The normalized spacial score (nSPS) is 14.9. The first-order valence-corrected chi connectivity index (χ1v) is 15.2. The molecule has 0 bridgehead atoms. The topological polar surface area (TPSA) is 94.9 Å². The van der Waals surface area contributed by atoms with Crippen molar-refractivity contribution in [1.29, 1.82) is 0 Å². The molecule has 0 spiro atoms. The van der Waals surface area contributed by atoms with Gasteiger partial charge in [0.2, 0.25) is 0 Å². The fourth-order valence-electron chi connectivity index (χ4n) is 4.45. The zero-order valence-corrected chi connectivity index (χ0v) is 26.4. The zero-order chi connectivity index (χ0) is 28.1. The predicted molar refractivity (Wildman–Crippen MR) is 164 cm³/mol. The first-order valence-electron chi connectivity index (χ1n) is 13.3. The quantitative estimate of drug-likeness (QED) is 0.0808. The number of ether oxygens (including phenoxy) is 2. The van der Waals surface area contributed by atoms with Gasteiger partial charge in [-0.05, 0) is 97.1 Å². The van der Waals surface area contributed by atoms with E-state index < -0.39 is 17.1 Å². The van der Waals surface area contributed by atoms with E-state index >= 15 is 0 Å². The van der Waals surface area contributed by atoms with Crippen LogP contribution in [-0.2, 0) is 16.0 Å². The second kappa shape index (κ2) is 12.7. The van der Waals surface area contributed by atoms with Gasteiger partial charge in [0.1, 0.15) is 23.7 Å². The molecule has 38 heavy (non-hydrogen) atoms. The highest BCUT2D eigenvalue weighted by Gasteiger charge is 2.49. The molecular weight excluding hydrogens is 613 g/mol. The number of aliphatic hydroxyl groups excluding tert-OH is 1. The molecule has 2 aromatic heterocycles. The number of aryl methyl sites for hydroxylation is 1. The van der Waals surface area contributed by atoms with Crippen LogP contribution in [0.25, 0.3) is 21.6 Å². The van der Waals surface area contributed by atoms with Gasteiger partial charge in [0.25, 0.3) is 0 Å². The number of alkyl halides is 1. The minimum Gasteiger partial charge on any atom is -0.493 e. The zero-order valence-electron chi connectivity index (χ0n) is 23.4. The van der Waals surface area contributed by atoms with Crippen molar-refractivity contribution >= 4 is 50.9 Å². The lowest BCUT2D eigenvalue weighted by Crippen LogP contribution is -2.51. The minimum absolute atomic E-state index is 0.0194. The van der Waals surface area contributed by atoms with E-state index in [1.54, 1.807) is 11.3 Å². The van der Waals surface area contributed by atoms with Crippen LogP contribution in [0.4, 0.5) is 0 Å². The predicted octanol–water partition coefficient (Wildman–Crippen LogP) is 7.52. The molecular formula is C30H42INO5S. The number of halogens is 1. The van der Waals surface area contributed by atoms with Crippen molar-refractivity contribution in [2.24, 2.45) is 11.1 Å². The van der Waals surface area contributed by atoms with Gasteiger partial charge < -0.3 is 24.7 Å². The summed E-state index contributed by atoms with van der Waals surface area (Å²) in [5.74, 6) is 1.32. The number of unbranched alkanes of at least 4 members (excludes halogenated alkanes) is 1. The van der Waals surface area contributed by atoms with E-state index in [1.165, 1.54) is 4.88 Å². The molecule has 0 aliphatic heterocycles. The van der Waals surface area contributed by atoms with Gasteiger partial charge in [-0.2, -0.15) is 0 Å². The molecule has 0 radical (unpaired) electrons. The lowest BCUT2D eigenvalue weighted by molar-refractivity contribution is -0.160. The number of esters is 1. The van der Waals surface area contributed by atoms with Gasteiger partial charge in [0.15, 0.2) is 0 Å². The molecule has 0 fully saturated rings. The molecule has 2 heterocycles. The Labute approximate surface area is 244 Å². The van der Waals surface area contributed by atoms with E-state index in [4.69, 9.17) is 19.6 Å². The molecule has 1 aromatic carbocycles. The van der Waals surface area contributed by atoms with Crippen molar-refractivity contribution in [2.45, 2.75) is 88.7 Å². The van der Waals surface area contributed by atoms with E-state index in [2.05, 4.69) is 47.7 Å². The largest absolute Gasteiger partial charge is 0.493 e. The number of carbonyl (C=O) groups excluding carboxylic acids is 1. The van der Waals surface area contributed by atoms with Gasteiger partial charge in [0, 0.05) is 25.3 Å². The maximum absolute atomic E-state index is 13.0. The standard InChI is InChI=1S/C30H42INO5S/c1-7-23-13-14-26(38-23)25-16-20-11-12-22(17-24(20)37-25)35-15-9-8-10-21(33)18-36-27(34)30(6,29(4,5)31)19-28(2,3)32/h11-14,16-17,21,33H,7-10,15,18-19,32H2,1-6H3. The Balaban J connectivity index is 1.42. The van der Waals surface area contributed by atoms with Gasteiger partial charge in [-0.1, -0.05) is 29.5 Å². The molecule has 2 atom stereocenters. The first kappa shape index (κ1) is 30.9. The second-order valence-electron chi connectivity index (χ2n) is 11.5. The molecule has 2 unspecified atom stereocenters. The average molecular weight is 656 g/mol. The van der Waals surface area contributed by atoms with Crippen LogP contribution in [0.2, 0.25) is 0 Å². The summed E-state index contributed by atoms with van der Waals surface area (Å²) in [6.45, 7) is 12.4. The number of hydrogen-bond donors (Lipinski definition) is 2. The highest BCUT2D eigenvalue weighted by Crippen LogP contribution is 2.45. The molecule has 0 amide bonds. The Bertz CT molecular complexity index is 1210. The molecule has 0 saturated heterocycles. The molecule has 3 aromatic rings. The Hall–Kier alpha value is -1.62. The lowest BCUT2D eigenvalue weighted by Gasteiger charge is -2.42. The number of fused-ring (bicyclic) bond motifs is 1. The fraction of sp³-hybridized carbons (Fsp3) is 0.567. The maximum atomic E-state index is 13.0. The molecule has 8 heteroatoms. The number of thiophene rings is 1. The van der Waals surface area contributed by atoms with Crippen molar-refractivity contribution in [1.82, 2.24) is 0 Å². The monoisotopic (exact) mass is 655 g/mol. The van der Waals surface area contributed by atoms with Crippen LogP contribution in [-0.4, -0.2) is 39.4 Å². The van der Waals surface area contributed by atoms with Crippen LogP contribution in [0.15, 0.2) is 40.8 Å². The number of rotatable bonds is 14. The molecule has 6 nitrogen and oxygen atoms in total. The fourth-order valence-corrected chi connectivity index (χ4v) is 5.76. The summed E-state index contributed by atoms with van der Waals surface area (Å²) in [4.78, 5) is 15.5. The molecule has 0 aliphatic rings. The van der Waals surface area contributed by atoms with E-state index in [0.717, 1.165) is 46.6 Å². The van der Waals surface area contributed by atoms with Crippen molar-refractivity contribution < 1.29 is 23.8 Å². The number of nitrogens with two attached hydrogens (primary N) is 1. The van der Waals surface area contributed by atoms with Crippen LogP contribution in [0, 0.1) is 5.41 Å². The van der Waals surface area contributed by atoms with E-state index in [0.29, 0.717) is 19.4 Å². The number of hydrogen-bond acceptors (Lipinski definition) is 7. The summed E-state index contributed by atoms with van der Waals surface area (Å²) in [7, 11) is 0. The maximum Gasteiger partial charge on any atom is 0.313 e. The summed E-state index contributed by atoms with van der Waals surface area (Å²) in [6, 6.07) is 12.2. The smallest absolute Gasteiger partial charge is 0.313 e. The summed E-state index contributed by atoms with van der Waals surface area (Å²) in [6.07, 6.45) is 2.87. The van der Waals surface area contributed by atoms with Crippen LogP contribution in [0.3, 0.4) is 0 Å². The van der Waals surface area contributed by atoms with Crippen molar-refractivity contribution in [3.8, 4) is 16.4 Å². The highest BCUT2D eigenvalue weighted by atomic mass is 127. The van der Waals surface area contributed by atoms with Gasteiger partial charge in [0.05, 0.1) is 23.0 Å². The van der Waals surface area contributed by atoms with Gasteiger partial charge in [-0.3, -0.25) is 4.79 Å². The second-order valence-corrected chi connectivity index (χ2v) is 15.4. The number of benzene rings is 1. The third-order valence-electron chi connectivity index (χ3n) is 6.92. The Morgan fingerprint density at radius 2 is 1.87 bits per heavy atom. The SMILES string of the molecule is CCc1ccc(-c2cc3ccc(OCCCCC(O)COC(=O)C(C)(CC(C)(C)N)C(C)(C)I)cc3o2)s1. The van der Waals surface area contributed by atoms with Crippen molar-refractivity contribution in [3.05, 3.63) is 41.3 Å². The average Bonchev–Trinajstić information content (AvgIpc) is 3.47. The molecule has 0 aliphatic carbocycles. The summed E-state index contributed by atoms with van der Waals surface area (Å²) < 4.78 is 17.2. The summed E-state index contributed by atoms with van der Waals surface area (Å²) in [5.41, 5.74) is 5.76. The van der Waals surface area contributed by atoms with Crippen molar-refractivity contribution in [2.75, 3.05) is 13.2 Å².